The van der Waals surface area contributed by atoms with E-state index < -0.39 is 0 Å². The highest BCUT2D eigenvalue weighted by Gasteiger charge is 2.18. The summed E-state index contributed by atoms with van der Waals surface area (Å²) in [5.74, 6) is 1.69. The zero-order valence-electron chi connectivity index (χ0n) is 16.9. The van der Waals surface area contributed by atoms with E-state index in [0.29, 0.717) is 0 Å². The molecule has 0 saturated heterocycles. The third kappa shape index (κ3) is 3.43. The summed E-state index contributed by atoms with van der Waals surface area (Å²) >= 11 is 0. The Balaban J connectivity index is 1.47. The first kappa shape index (κ1) is 18.0. The summed E-state index contributed by atoms with van der Waals surface area (Å²) in [7, 11) is 1.71. The average molecular weight is 383 g/mol. The van der Waals surface area contributed by atoms with Gasteiger partial charge in [0.15, 0.2) is 11.3 Å². The minimum atomic E-state index is 0.801. The van der Waals surface area contributed by atoms with Crippen molar-refractivity contribution in [3.63, 3.8) is 0 Å². The van der Waals surface area contributed by atoms with Gasteiger partial charge in [0, 0.05) is 30.6 Å². The Kier molecular flexibility index (Phi) is 4.61. The maximum Gasteiger partial charge on any atom is 0.176 e. The van der Waals surface area contributed by atoms with Gasteiger partial charge in [-0.05, 0) is 53.8 Å². The maximum atomic E-state index is 6.21. The molecule has 0 aliphatic carbocycles. The van der Waals surface area contributed by atoms with Gasteiger partial charge in [-0.3, -0.25) is 4.90 Å². The molecule has 0 radical (unpaired) electrons. The molecular weight excluding hydrogens is 358 g/mol. The number of ether oxygens (including phenoxy) is 1. The lowest BCUT2D eigenvalue weighted by Crippen LogP contribution is -2.29. The lowest BCUT2D eigenvalue weighted by molar-refractivity contribution is 0.245. The molecule has 3 heteroatoms. The molecule has 3 aromatic carbocycles. The molecular formula is C26H25NO2. The first-order chi connectivity index (χ1) is 14.2. The topological polar surface area (TPSA) is 25.6 Å². The van der Waals surface area contributed by atoms with Crippen molar-refractivity contribution in [2.24, 2.45) is 0 Å². The normalized spacial score (nSPS) is 14.1. The molecule has 0 N–H and O–H groups in total. The highest BCUT2D eigenvalue weighted by Crippen LogP contribution is 2.36. The molecule has 3 nitrogen and oxygen atoms in total. The third-order valence-corrected chi connectivity index (χ3v) is 5.89. The number of aryl methyl sites for hydroxylation is 1. The molecule has 1 aliphatic rings. The van der Waals surface area contributed by atoms with Crippen LogP contribution in [-0.2, 0) is 19.5 Å². The summed E-state index contributed by atoms with van der Waals surface area (Å²) in [5.41, 5.74) is 7.33. The van der Waals surface area contributed by atoms with E-state index in [1.165, 1.54) is 22.3 Å². The number of hydrogen-bond donors (Lipinski definition) is 0. The SMILES string of the molecule is COc1cc(CN2CCc3ccccc3C2)cc2cc(-c3ccccc3C)oc12. The van der Waals surface area contributed by atoms with E-state index in [1.807, 2.05) is 6.07 Å². The van der Waals surface area contributed by atoms with Crippen LogP contribution in [0.15, 0.2) is 71.1 Å². The Morgan fingerprint density at radius 1 is 0.966 bits per heavy atom. The maximum absolute atomic E-state index is 6.21. The second-order valence-electron chi connectivity index (χ2n) is 7.87. The second-order valence-corrected chi connectivity index (χ2v) is 7.87. The monoisotopic (exact) mass is 383 g/mol. The summed E-state index contributed by atoms with van der Waals surface area (Å²) in [6, 6.07) is 23.6. The number of furan rings is 1. The van der Waals surface area contributed by atoms with Gasteiger partial charge in [-0.1, -0.05) is 48.5 Å². The zero-order chi connectivity index (χ0) is 19.8. The first-order valence-electron chi connectivity index (χ1n) is 10.2. The summed E-state index contributed by atoms with van der Waals surface area (Å²) < 4.78 is 11.9. The number of benzene rings is 3. The van der Waals surface area contributed by atoms with Crippen molar-refractivity contribution in [1.29, 1.82) is 0 Å². The van der Waals surface area contributed by atoms with Crippen LogP contribution in [0.25, 0.3) is 22.3 Å². The van der Waals surface area contributed by atoms with Crippen LogP contribution in [-0.4, -0.2) is 18.6 Å². The fourth-order valence-corrected chi connectivity index (χ4v) is 4.35. The molecule has 0 amide bonds. The van der Waals surface area contributed by atoms with Gasteiger partial charge in [0.25, 0.3) is 0 Å². The van der Waals surface area contributed by atoms with Crippen molar-refractivity contribution in [1.82, 2.24) is 4.90 Å². The molecule has 0 unspecified atom stereocenters. The average Bonchev–Trinajstić information content (AvgIpc) is 3.17. The van der Waals surface area contributed by atoms with E-state index in [2.05, 4.69) is 72.5 Å². The molecule has 4 aromatic rings. The van der Waals surface area contributed by atoms with Crippen molar-refractivity contribution in [3.05, 3.63) is 89.0 Å². The Morgan fingerprint density at radius 2 is 1.76 bits per heavy atom. The van der Waals surface area contributed by atoms with E-state index in [0.717, 1.165) is 54.1 Å². The predicted molar refractivity (Wildman–Crippen MR) is 117 cm³/mol. The minimum Gasteiger partial charge on any atom is -0.493 e. The van der Waals surface area contributed by atoms with Crippen LogP contribution >= 0.6 is 0 Å². The highest BCUT2D eigenvalue weighted by molar-refractivity contribution is 5.88. The zero-order valence-corrected chi connectivity index (χ0v) is 16.9. The Morgan fingerprint density at radius 3 is 2.59 bits per heavy atom. The van der Waals surface area contributed by atoms with Gasteiger partial charge < -0.3 is 9.15 Å². The van der Waals surface area contributed by atoms with Crippen LogP contribution in [0.1, 0.15) is 22.3 Å². The van der Waals surface area contributed by atoms with Gasteiger partial charge >= 0.3 is 0 Å². The number of fused-ring (bicyclic) bond motifs is 2. The Hall–Kier alpha value is -3.04. The van der Waals surface area contributed by atoms with Crippen LogP contribution in [0, 0.1) is 6.92 Å². The third-order valence-electron chi connectivity index (χ3n) is 5.89. The molecule has 5 rings (SSSR count). The summed E-state index contributed by atoms with van der Waals surface area (Å²) in [5, 5.41) is 1.09. The summed E-state index contributed by atoms with van der Waals surface area (Å²) in [4.78, 5) is 2.51. The fourth-order valence-electron chi connectivity index (χ4n) is 4.35. The molecule has 2 heterocycles. The van der Waals surface area contributed by atoms with E-state index in [9.17, 15) is 0 Å². The molecule has 0 saturated carbocycles. The van der Waals surface area contributed by atoms with Crippen molar-refractivity contribution < 1.29 is 9.15 Å². The van der Waals surface area contributed by atoms with Crippen LogP contribution in [0.5, 0.6) is 5.75 Å². The summed E-state index contributed by atoms with van der Waals surface area (Å²) in [6.07, 6.45) is 1.11. The summed E-state index contributed by atoms with van der Waals surface area (Å²) in [6.45, 7) is 5.10. The van der Waals surface area contributed by atoms with Crippen molar-refractivity contribution in [2.75, 3.05) is 13.7 Å². The highest BCUT2D eigenvalue weighted by atomic mass is 16.5. The van der Waals surface area contributed by atoms with Crippen LogP contribution in [0.3, 0.4) is 0 Å². The first-order valence-corrected chi connectivity index (χ1v) is 10.2. The lowest BCUT2D eigenvalue weighted by Gasteiger charge is -2.28. The Bertz CT molecular complexity index is 1170. The molecule has 29 heavy (non-hydrogen) atoms. The van der Waals surface area contributed by atoms with E-state index in [4.69, 9.17) is 9.15 Å². The number of rotatable bonds is 4. The minimum absolute atomic E-state index is 0.801. The fraction of sp³-hybridized carbons (Fsp3) is 0.231. The second kappa shape index (κ2) is 7.41. The van der Waals surface area contributed by atoms with Crippen molar-refractivity contribution in [3.8, 4) is 17.1 Å². The molecule has 0 spiro atoms. The van der Waals surface area contributed by atoms with Crippen molar-refractivity contribution in [2.45, 2.75) is 26.4 Å². The molecule has 1 aromatic heterocycles. The quantitative estimate of drug-likeness (QED) is 0.434. The Labute approximate surface area is 171 Å². The molecule has 0 bridgehead atoms. The molecule has 0 fully saturated rings. The lowest BCUT2D eigenvalue weighted by atomic mass is 9.99. The van der Waals surface area contributed by atoms with Crippen LogP contribution in [0.2, 0.25) is 0 Å². The number of methoxy groups -OCH3 is 1. The molecule has 1 aliphatic heterocycles. The van der Waals surface area contributed by atoms with Crippen molar-refractivity contribution >= 4 is 11.0 Å². The van der Waals surface area contributed by atoms with E-state index >= 15 is 0 Å². The van der Waals surface area contributed by atoms with E-state index in [-0.39, 0.29) is 0 Å². The predicted octanol–water partition coefficient (Wildman–Crippen LogP) is 5.98. The van der Waals surface area contributed by atoms with Crippen LogP contribution in [0.4, 0.5) is 0 Å². The standard InChI is InChI=1S/C26H25NO2/c1-18-7-3-6-10-23(18)24-15-22-13-19(14-25(28-2)26(22)29-24)16-27-12-11-20-8-4-5-9-21(20)17-27/h3-10,13-15H,11-12,16-17H2,1-2H3. The smallest absolute Gasteiger partial charge is 0.176 e. The largest absolute Gasteiger partial charge is 0.493 e. The van der Waals surface area contributed by atoms with Gasteiger partial charge in [0.05, 0.1) is 7.11 Å². The van der Waals surface area contributed by atoms with Gasteiger partial charge in [0.2, 0.25) is 0 Å². The number of nitrogens with zero attached hydrogens (tertiary/aromatic N) is 1. The molecule has 146 valence electrons. The molecule has 0 atom stereocenters. The number of hydrogen-bond acceptors (Lipinski definition) is 3. The van der Waals surface area contributed by atoms with Gasteiger partial charge in [-0.2, -0.15) is 0 Å². The van der Waals surface area contributed by atoms with Gasteiger partial charge in [0.1, 0.15) is 5.76 Å². The van der Waals surface area contributed by atoms with E-state index in [1.54, 1.807) is 7.11 Å². The van der Waals surface area contributed by atoms with Gasteiger partial charge in [-0.25, -0.2) is 0 Å². The van der Waals surface area contributed by atoms with Gasteiger partial charge in [-0.15, -0.1) is 0 Å². The van der Waals surface area contributed by atoms with Crippen LogP contribution < -0.4 is 4.74 Å².